The van der Waals surface area contributed by atoms with E-state index in [0.717, 1.165) is 50.4 Å². The predicted molar refractivity (Wildman–Crippen MR) is 163 cm³/mol. The highest BCUT2D eigenvalue weighted by Gasteiger charge is 2.22. The molecule has 0 aliphatic carbocycles. The molecule has 0 aliphatic heterocycles. The lowest BCUT2D eigenvalue weighted by molar-refractivity contribution is 0.476. The summed E-state index contributed by atoms with van der Waals surface area (Å²) in [6.45, 7) is 15.9. The van der Waals surface area contributed by atoms with E-state index in [2.05, 4.69) is 93.5 Å². The molecule has 0 aliphatic rings. The second kappa shape index (κ2) is 9.24. The number of imidazole rings is 1. The smallest absolute Gasteiger partial charge is 0.144 e. The number of benzene rings is 3. The molecule has 0 amide bonds. The molecule has 194 valence electrons. The lowest BCUT2D eigenvalue weighted by Gasteiger charge is -2.22. The van der Waals surface area contributed by atoms with Crippen molar-refractivity contribution in [3.8, 4) is 39.5 Å². The Kier molecular flexibility index (Phi) is 6.31. The number of para-hydroxylation sites is 1. The fraction of sp³-hybridized carbons (Fsp3) is 0.273. The van der Waals surface area contributed by atoms with Crippen molar-refractivity contribution >= 4 is 24.3 Å². The van der Waals surface area contributed by atoms with E-state index in [4.69, 9.17) is 9.97 Å². The van der Waals surface area contributed by atoms with Crippen LogP contribution in [0.4, 0.5) is 0 Å². The normalized spacial score (nSPS) is 12.3. The van der Waals surface area contributed by atoms with Crippen LogP contribution in [0.15, 0.2) is 72.9 Å². The third-order valence-corrected chi connectivity index (χ3v) is 9.38. The lowest BCUT2D eigenvalue weighted by Crippen LogP contribution is -2.37. The standard InChI is InChI=1S/C33H37N3OSi/c1-21-12-13-30(37)27(16-21)32-35-31-26(10-9-11-29(31)36(32)5)22-17-23(19-24(18-22)33(2,3)4)28-20-25(14-15-34-28)38(6,7)8/h9-20,37H,1-8H3. The average molecular weight is 520 g/mol. The highest BCUT2D eigenvalue weighted by Crippen LogP contribution is 2.38. The number of hydrogen-bond acceptors (Lipinski definition) is 3. The van der Waals surface area contributed by atoms with Gasteiger partial charge in [0, 0.05) is 24.4 Å². The molecule has 0 saturated heterocycles. The van der Waals surface area contributed by atoms with Gasteiger partial charge in [-0.05, 0) is 65.9 Å². The fourth-order valence-corrected chi connectivity index (χ4v) is 6.08. The van der Waals surface area contributed by atoms with Crippen molar-refractivity contribution in [2.45, 2.75) is 52.8 Å². The Labute approximate surface area is 227 Å². The van der Waals surface area contributed by atoms with E-state index in [1.165, 1.54) is 10.8 Å². The second-order valence-electron chi connectivity index (χ2n) is 12.4. The van der Waals surface area contributed by atoms with Crippen molar-refractivity contribution < 1.29 is 5.11 Å². The molecule has 2 heterocycles. The SMILES string of the molecule is Cc1ccc(O)c(-c2nc3c(-c4cc(-c5cc([Si](C)(C)C)ccn5)cc(C(C)(C)C)c4)cccc3n2C)c1. The van der Waals surface area contributed by atoms with Crippen molar-refractivity contribution in [3.05, 3.63) is 84.1 Å². The maximum absolute atomic E-state index is 10.6. The summed E-state index contributed by atoms with van der Waals surface area (Å²) in [7, 11) is 0.534. The van der Waals surface area contributed by atoms with Crippen LogP contribution in [-0.2, 0) is 12.5 Å². The summed E-state index contributed by atoms with van der Waals surface area (Å²) in [6.07, 6.45) is 1.95. The number of fused-ring (bicyclic) bond motifs is 1. The molecule has 0 atom stereocenters. The molecule has 2 aromatic heterocycles. The first kappa shape index (κ1) is 25.9. The molecule has 0 spiro atoms. The Morgan fingerprint density at radius 3 is 2.29 bits per heavy atom. The molecule has 4 nitrogen and oxygen atoms in total. The Morgan fingerprint density at radius 2 is 1.58 bits per heavy atom. The van der Waals surface area contributed by atoms with Gasteiger partial charge in [0.2, 0.25) is 0 Å². The molecule has 3 aromatic carbocycles. The molecule has 5 heteroatoms. The molecule has 0 bridgehead atoms. The number of pyridine rings is 1. The van der Waals surface area contributed by atoms with Gasteiger partial charge in [-0.15, -0.1) is 0 Å². The quantitative estimate of drug-likeness (QED) is 0.246. The summed E-state index contributed by atoms with van der Waals surface area (Å²) in [4.78, 5) is 9.89. The van der Waals surface area contributed by atoms with Gasteiger partial charge in [0.05, 0.1) is 30.4 Å². The first-order valence-corrected chi connectivity index (χ1v) is 16.7. The minimum Gasteiger partial charge on any atom is -0.507 e. The summed E-state index contributed by atoms with van der Waals surface area (Å²) in [5.41, 5.74) is 9.33. The number of phenolic OH excluding ortho intramolecular Hbond substituents is 1. The van der Waals surface area contributed by atoms with Crippen LogP contribution in [0.1, 0.15) is 31.9 Å². The van der Waals surface area contributed by atoms with Crippen LogP contribution >= 0.6 is 0 Å². The zero-order valence-corrected chi connectivity index (χ0v) is 24.7. The first-order chi connectivity index (χ1) is 17.8. The maximum atomic E-state index is 10.6. The second-order valence-corrected chi connectivity index (χ2v) is 17.5. The van der Waals surface area contributed by atoms with Crippen molar-refractivity contribution in [1.29, 1.82) is 0 Å². The zero-order valence-electron chi connectivity index (χ0n) is 23.7. The van der Waals surface area contributed by atoms with Crippen LogP contribution in [0.2, 0.25) is 19.6 Å². The Morgan fingerprint density at radius 1 is 0.842 bits per heavy atom. The predicted octanol–water partition coefficient (Wildman–Crippen LogP) is 7.83. The number of aromatic nitrogens is 3. The van der Waals surface area contributed by atoms with Gasteiger partial charge >= 0.3 is 0 Å². The molecule has 38 heavy (non-hydrogen) atoms. The van der Waals surface area contributed by atoms with E-state index in [9.17, 15) is 5.11 Å². The Bertz CT molecular complexity index is 1670. The van der Waals surface area contributed by atoms with Crippen LogP contribution < -0.4 is 5.19 Å². The lowest BCUT2D eigenvalue weighted by atomic mass is 9.83. The summed E-state index contributed by atoms with van der Waals surface area (Å²) in [5, 5.41) is 12.0. The molecule has 5 aromatic rings. The molecule has 0 saturated carbocycles. The highest BCUT2D eigenvalue weighted by atomic mass is 28.3. The van der Waals surface area contributed by atoms with E-state index in [-0.39, 0.29) is 11.2 Å². The van der Waals surface area contributed by atoms with Gasteiger partial charge in [-0.3, -0.25) is 4.98 Å². The van der Waals surface area contributed by atoms with Gasteiger partial charge in [0.15, 0.2) is 0 Å². The topological polar surface area (TPSA) is 50.9 Å². The van der Waals surface area contributed by atoms with Crippen LogP contribution in [0, 0.1) is 6.92 Å². The third kappa shape index (κ3) is 4.79. The average Bonchev–Trinajstić information content (AvgIpc) is 3.20. The minimum absolute atomic E-state index is 0.0301. The number of phenols is 1. The van der Waals surface area contributed by atoms with Crippen LogP contribution in [0.3, 0.4) is 0 Å². The van der Waals surface area contributed by atoms with Gasteiger partial charge in [-0.2, -0.15) is 0 Å². The van der Waals surface area contributed by atoms with Crippen molar-refractivity contribution in [2.24, 2.45) is 7.05 Å². The number of nitrogens with zero attached hydrogens (tertiary/aromatic N) is 3. The summed E-state index contributed by atoms with van der Waals surface area (Å²) >= 11 is 0. The molecule has 5 rings (SSSR count). The van der Waals surface area contributed by atoms with Gasteiger partial charge in [-0.1, -0.05) is 75.4 Å². The van der Waals surface area contributed by atoms with Gasteiger partial charge in [0.25, 0.3) is 0 Å². The monoisotopic (exact) mass is 519 g/mol. The first-order valence-electron chi connectivity index (χ1n) is 13.2. The van der Waals surface area contributed by atoms with Crippen molar-refractivity contribution in [3.63, 3.8) is 0 Å². The largest absolute Gasteiger partial charge is 0.507 e. The number of rotatable bonds is 4. The van der Waals surface area contributed by atoms with E-state index >= 15 is 0 Å². The Balaban J connectivity index is 1.74. The Hall–Kier alpha value is -3.70. The molecule has 0 radical (unpaired) electrons. The third-order valence-electron chi connectivity index (χ3n) is 7.34. The molecule has 0 unspecified atom stereocenters. The van der Waals surface area contributed by atoms with Crippen molar-refractivity contribution in [1.82, 2.24) is 14.5 Å². The van der Waals surface area contributed by atoms with E-state index < -0.39 is 8.07 Å². The van der Waals surface area contributed by atoms with Crippen LogP contribution in [0.5, 0.6) is 5.75 Å². The summed E-state index contributed by atoms with van der Waals surface area (Å²) in [5.74, 6) is 0.992. The fourth-order valence-electron chi connectivity index (χ4n) is 4.94. The number of aryl methyl sites for hydroxylation is 2. The van der Waals surface area contributed by atoms with Gasteiger partial charge < -0.3 is 9.67 Å². The number of aromatic hydroxyl groups is 1. The van der Waals surface area contributed by atoms with Gasteiger partial charge in [-0.25, -0.2) is 4.98 Å². The van der Waals surface area contributed by atoms with Crippen LogP contribution in [0.25, 0.3) is 44.8 Å². The van der Waals surface area contributed by atoms with Gasteiger partial charge in [0.1, 0.15) is 11.6 Å². The summed E-state index contributed by atoms with van der Waals surface area (Å²) < 4.78 is 2.07. The molecule has 0 fully saturated rings. The van der Waals surface area contributed by atoms with E-state index in [1.807, 2.05) is 32.3 Å². The zero-order chi connectivity index (χ0) is 27.4. The summed E-state index contributed by atoms with van der Waals surface area (Å²) in [6, 6.07) is 23.2. The van der Waals surface area contributed by atoms with Crippen LogP contribution in [-0.4, -0.2) is 27.7 Å². The molecule has 1 N–H and O–H groups in total. The minimum atomic E-state index is -1.48. The van der Waals surface area contributed by atoms with E-state index in [1.54, 1.807) is 6.07 Å². The maximum Gasteiger partial charge on any atom is 0.144 e. The molecular formula is C33H37N3OSi. The highest BCUT2D eigenvalue weighted by molar-refractivity contribution is 6.88. The van der Waals surface area contributed by atoms with E-state index in [0.29, 0.717) is 0 Å². The molecular weight excluding hydrogens is 482 g/mol. The number of hydrogen-bond donors (Lipinski definition) is 1. The van der Waals surface area contributed by atoms with Crippen molar-refractivity contribution in [2.75, 3.05) is 0 Å².